The Balaban J connectivity index is 1.43. The molecule has 0 aromatic heterocycles. The van der Waals surface area contributed by atoms with Crippen molar-refractivity contribution in [3.05, 3.63) is 29.8 Å². The number of rotatable bonds is 16. The quantitative estimate of drug-likeness (QED) is 0.233. The van der Waals surface area contributed by atoms with Gasteiger partial charge >= 0.3 is 6.09 Å². The molecule has 1 amide bonds. The van der Waals surface area contributed by atoms with Gasteiger partial charge in [0.05, 0.1) is 4.90 Å². The van der Waals surface area contributed by atoms with Crippen LogP contribution in [0.2, 0.25) is 0 Å². The highest BCUT2D eigenvalue weighted by atomic mass is 32.2. The lowest BCUT2D eigenvalue weighted by atomic mass is 10.0. The number of nitrogens with one attached hydrogen (secondary N) is 1. The van der Waals surface area contributed by atoms with Crippen LogP contribution in [0.25, 0.3) is 0 Å². The summed E-state index contributed by atoms with van der Waals surface area (Å²) < 4.78 is 58.8. The van der Waals surface area contributed by atoms with Crippen LogP contribution < -0.4 is 4.72 Å². The summed E-state index contributed by atoms with van der Waals surface area (Å²) in [6.45, 7) is 10.4. The minimum atomic E-state index is -4.11. The van der Waals surface area contributed by atoms with E-state index < -0.39 is 52.6 Å². The zero-order valence-electron chi connectivity index (χ0n) is 26.4. The zero-order chi connectivity index (χ0) is 30.9. The van der Waals surface area contributed by atoms with E-state index in [4.69, 9.17) is 23.7 Å². The summed E-state index contributed by atoms with van der Waals surface area (Å²) in [5.41, 5.74) is 0.915. The molecule has 0 spiro atoms. The van der Waals surface area contributed by atoms with Crippen LogP contribution in [0, 0.1) is 6.92 Å². The Labute approximate surface area is 258 Å². The molecule has 5 atom stereocenters. The first-order valence-electron chi connectivity index (χ1n) is 16.2. The number of nitrogens with zero attached hydrogens (tertiary/aromatic N) is 1. The molecule has 3 heterocycles. The number of benzene rings is 1. The first-order chi connectivity index (χ1) is 20.6. The molecule has 3 fully saturated rings. The summed E-state index contributed by atoms with van der Waals surface area (Å²) in [6.07, 6.45) is 8.54. The number of unbranched alkanes of at least 4 members (excludes halogenated alkanes) is 7. The number of likely N-dealkylation sites (tertiary alicyclic amines) is 1. The number of amides is 1. The Hall–Kier alpha value is -1.76. The van der Waals surface area contributed by atoms with Gasteiger partial charge in [0.2, 0.25) is 0 Å². The SMILES string of the molecule is CCCCCCCCCCO[C@@H]1[C@H]2OC(C)(C)O[C@H]2O[C@@H]1C(CN1CCCCC1)OC(=O)NS(=O)(=O)c1ccc(C)cc1. The molecule has 10 nitrogen and oxygen atoms in total. The van der Waals surface area contributed by atoms with Gasteiger partial charge in [-0.2, -0.15) is 0 Å². The molecule has 43 heavy (non-hydrogen) atoms. The molecule has 0 saturated carbocycles. The first kappa shape index (κ1) is 34.1. The summed E-state index contributed by atoms with van der Waals surface area (Å²) in [5.74, 6) is -0.830. The molecule has 11 heteroatoms. The second kappa shape index (κ2) is 16.0. The second-order valence-electron chi connectivity index (χ2n) is 12.6. The fourth-order valence-electron chi connectivity index (χ4n) is 6.10. The second-order valence-corrected chi connectivity index (χ2v) is 14.3. The molecular formula is C32H52N2O8S. The predicted octanol–water partition coefficient (Wildman–Crippen LogP) is 5.67. The normalized spacial score (nSPS) is 26.2. The van der Waals surface area contributed by atoms with Gasteiger partial charge in [-0.05, 0) is 65.3 Å². The maximum absolute atomic E-state index is 13.1. The van der Waals surface area contributed by atoms with Crippen molar-refractivity contribution < 1.29 is 36.9 Å². The molecule has 244 valence electrons. The first-order valence-corrected chi connectivity index (χ1v) is 17.7. The lowest BCUT2D eigenvalue weighted by molar-refractivity contribution is -0.230. The molecule has 3 aliphatic heterocycles. The van der Waals surface area contributed by atoms with Crippen LogP contribution >= 0.6 is 0 Å². The van der Waals surface area contributed by atoms with Crippen molar-refractivity contribution in [2.24, 2.45) is 0 Å². The van der Waals surface area contributed by atoms with E-state index in [1.54, 1.807) is 12.1 Å². The van der Waals surface area contributed by atoms with Gasteiger partial charge in [-0.3, -0.25) is 4.90 Å². The number of carbonyl (C=O) groups is 1. The Morgan fingerprint density at radius 3 is 2.33 bits per heavy atom. The van der Waals surface area contributed by atoms with Crippen molar-refractivity contribution in [3.63, 3.8) is 0 Å². The number of ether oxygens (including phenoxy) is 5. The monoisotopic (exact) mass is 624 g/mol. The average molecular weight is 625 g/mol. The fourth-order valence-corrected chi connectivity index (χ4v) is 6.98. The Morgan fingerprint density at radius 2 is 1.65 bits per heavy atom. The van der Waals surface area contributed by atoms with Gasteiger partial charge in [0.1, 0.15) is 24.4 Å². The number of piperidine rings is 1. The summed E-state index contributed by atoms with van der Waals surface area (Å²) >= 11 is 0. The molecule has 0 radical (unpaired) electrons. The Morgan fingerprint density at radius 1 is 1.00 bits per heavy atom. The molecule has 4 rings (SSSR count). The van der Waals surface area contributed by atoms with E-state index in [1.165, 1.54) is 50.7 Å². The third kappa shape index (κ3) is 10.1. The van der Waals surface area contributed by atoms with E-state index in [2.05, 4.69) is 16.5 Å². The maximum Gasteiger partial charge on any atom is 0.421 e. The van der Waals surface area contributed by atoms with Crippen LogP contribution in [-0.4, -0.2) is 82.1 Å². The van der Waals surface area contributed by atoms with Gasteiger partial charge in [-0.25, -0.2) is 17.9 Å². The summed E-state index contributed by atoms with van der Waals surface area (Å²) in [6, 6.07) is 6.28. The molecule has 1 unspecified atom stereocenters. The fraction of sp³-hybridized carbons (Fsp3) is 0.781. The molecule has 0 aliphatic carbocycles. The zero-order valence-corrected chi connectivity index (χ0v) is 27.2. The van der Waals surface area contributed by atoms with Crippen molar-refractivity contribution in [2.45, 2.75) is 140 Å². The maximum atomic E-state index is 13.1. The number of sulfonamides is 1. The molecule has 3 saturated heterocycles. The lowest BCUT2D eigenvalue weighted by Gasteiger charge is -2.35. The van der Waals surface area contributed by atoms with E-state index >= 15 is 0 Å². The minimum Gasteiger partial charge on any atom is -0.441 e. The molecule has 3 aliphatic rings. The topological polar surface area (TPSA) is 113 Å². The molecule has 1 N–H and O–H groups in total. The highest BCUT2D eigenvalue weighted by Crippen LogP contribution is 2.40. The van der Waals surface area contributed by atoms with Crippen LogP contribution in [0.15, 0.2) is 29.2 Å². The number of carbonyl (C=O) groups excluding carboxylic acids is 1. The highest BCUT2D eigenvalue weighted by Gasteiger charge is 2.58. The number of aryl methyl sites for hydroxylation is 1. The van der Waals surface area contributed by atoms with E-state index in [9.17, 15) is 13.2 Å². The van der Waals surface area contributed by atoms with Crippen LogP contribution in [-0.2, 0) is 33.7 Å². The molecular weight excluding hydrogens is 572 g/mol. The molecule has 0 bridgehead atoms. The van der Waals surface area contributed by atoms with Crippen molar-refractivity contribution in [3.8, 4) is 0 Å². The van der Waals surface area contributed by atoms with Crippen molar-refractivity contribution >= 4 is 16.1 Å². The van der Waals surface area contributed by atoms with Crippen LogP contribution in [0.5, 0.6) is 0 Å². The number of hydrogen-bond donors (Lipinski definition) is 1. The largest absolute Gasteiger partial charge is 0.441 e. The van der Waals surface area contributed by atoms with Crippen molar-refractivity contribution in [1.29, 1.82) is 0 Å². The smallest absolute Gasteiger partial charge is 0.421 e. The van der Waals surface area contributed by atoms with Gasteiger partial charge in [0.15, 0.2) is 12.1 Å². The lowest BCUT2D eigenvalue weighted by Crippen LogP contribution is -2.51. The number of hydrogen-bond acceptors (Lipinski definition) is 9. The summed E-state index contributed by atoms with van der Waals surface area (Å²) in [4.78, 5) is 15.3. The van der Waals surface area contributed by atoms with E-state index in [0.717, 1.165) is 50.8 Å². The van der Waals surface area contributed by atoms with E-state index in [1.807, 2.05) is 20.8 Å². The predicted molar refractivity (Wildman–Crippen MR) is 163 cm³/mol. The molecule has 1 aromatic rings. The van der Waals surface area contributed by atoms with E-state index in [-0.39, 0.29) is 4.90 Å². The van der Waals surface area contributed by atoms with Crippen LogP contribution in [0.4, 0.5) is 4.79 Å². The van der Waals surface area contributed by atoms with Crippen LogP contribution in [0.1, 0.15) is 97.0 Å². The summed E-state index contributed by atoms with van der Waals surface area (Å²) in [5, 5.41) is 0. The minimum absolute atomic E-state index is 0.00937. The third-order valence-corrected chi connectivity index (χ3v) is 9.72. The van der Waals surface area contributed by atoms with Gasteiger partial charge in [-0.15, -0.1) is 0 Å². The number of fused-ring (bicyclic) bond motifs is 1. The van der Waals surface area contributed by atoms with Crippen molar-refractivity contribution in [1.82, 2.24) is 9.62 Å². The third-order valence-electron chi connectivity index (χ3n) is 8.40. The average Bonchev–Trinajstić information content (AvgIpc) is 3.44. The van der Waals surface area contributed by atoms with Gasteiger partial charge < -0.3 is 23.7 Å². The van der Waals surface area contributed by atoms with Gasteiger partial charge in [0, 0.05) is 13.2 Å². The van der Waals surface area contributed by atoms with Crippen LogP contribution in [0.3, 0.4) is 0 Å². The van der Waals surface area contributed by atoms with Gasteiger partial charge in [0.25, 0.3) is 10.0 Å². The standard InChI is InChI=1S/C32H52N2O8S/c1-5-6-7-8-9-10-11-15-22-38-28-27(40-30-29(28)41-32(3,4)42-30)26(23-34-20-13-12-14-21-34)39-31(35)33-43(36,37)25-18-16-24(2)17-19-25/h16-19,26-30H,5-15,20-23H2,1-4H3,(H,33,35)/t26?,27-,28+,29-,30-/m1/s1. The van der Waals surface area contributed by atoms with Crippen molar-refractivity contribution in [2.75, 3.05) is 26.2 Å². The summed E-state index contributed by atoms with van der Waals surface area (Å²) in [7, 11) is -4.11. The Kier molecular flexibility index (Phi) is 12.7. The molecule has 1 aromatic carbocycles. The van der Waals surface area contributed by atoms with E-state index in [0.29, 0.717) is 13.2 Å². The van der Waals surface area contributed by atoms with Gasteiger partial charge in [-0.1, -0.05) is 76.0 Å². The highest BCUT2D eigenvalue weighted by molar-refractivity contribution is 7.90. The Bertz CT molecular complexity index is 1110.